The van der Waals surface area contributed by atoms with Crippen LogP contribution < -0.4 is 0 Å². The van der Waals surface area contributed by atoms with Crippen molar-refractivity contribution in [3.8, 4) is 0 Å². The minimum absolute atomic E-state index is 0.00723. The van der Waals surface area contributed by atoms with E-state index < -0.39 is 5.79 Å². The van der Waals surface area contributed by atoms with Crippen molar-refractivity contribution in [2.75, 3.05) is 0 Å². The molecule has 0 spiro atoms. The van der Waals surface area contributed by atoms with Gasteiger partial charge < -0.3 is 15.3 Å². The molecule has 0 radical (unpaired) electrons. The van der Waals surface area contributed by atoms with Gasteiger partial charge in [0.1, 0.15) is 0 Å². The van der Waals surface area contributed by atoms with E-state index in [-0.39, 0.29) is 5.92 Å². The first-order valence-corrected chi connectivity index (χ1v) is 5.95. The van der Waals surface area contributed by atoms with Gasteiger partial charge in [-0.25, -0.2) is 0 Å². The lowest BCUT2D eigenvalue weighted by Crippen LogP contribution is -2.36. The molecule has 0 bridgehead atoms. The molecule has 1 rings (SSSR count). The van der Waals surface area contributed by atoms with Crippen LogP contribution in [0.1, 0.15) is 32.3 Å². The zero-order chi connectivity index (χ0) is 12.7. The fourth-order valence-electron chi connectivity index (χ4n) is 1.55. The lowest BCUT2D eigenvalue weighted by molar-refractivity contribution is -0.228. The van der Waals surface area contributed by atoms with Gasteiger partial charge in [0.15, 0.2) is 5.79 Å². The summed E-state index contributed by atoms with van der Waals surface area (Å²) in [5.41, 5.74) is 1.05. The van der Waals surface area contributed by atoms with Crippen molar-refractivity contribution in [3.05, 3.63) is 35.9 Å². The summed E-state index contributed by atoms with van der Waals surface area (Å²) in [6.07, 6.45) is 2.79. The van der Waals surface area contributed by atoms with Gasteiger partial charge in [-0.15, -0.1) is 0 Å². The van der Waals surface area contributed by atoms with Gasteiger partial charge in [0.2, 0.25) is 0 Å². The van der Waals surface area contributed by atoms with Crippen molar-refractivity contribution in [3.63, 3.8) is 0 Å². The molecule has 0 saturated heterocycles. The van der Waals surface area contributed by atoms with E-state index in [9.17, 15) is 5.11 Å². The highest BCUT2D eigenvalue weighted by molar-refractivity contribution is 5.52. The summed E-state index contributed by atoms with van der Waals surface area (Å²) in [5.74, 6) is -1.13. The maximum absolute atomic E-state index is 10.2. The van der Waals surface area contributed by atoms with Crippen molar-refractivity contribution in [1.29, 1.82) is 5.41 Å². The number of aliphatic hydroxyl groups is 1. The second-order valence-corrected chi connectivity index (χ2v) is 4.51. The third-order valence-corrected chi connectivity index (χ3v) is 3.03. The fraction of sp³-hybridized carbons (Fsp3) is 0.500. The van der Waals surface area contributed by atoms with Crippen LogP contribution in [0.3, 0.4) is 0 Å². The van der Waals surface area contributed by atoms with Gasteiger partial charge in [-0.1, -0.05) is 37.3 Å². The Balaban J connectivity index is 2.46. The molecule has 3 heteroatoms. The van der Waals surface area contributed by atoms with Crippen LogP contribution in [0.25, 0.3) is 0 Å². The number of benzene rings is 1. The minimum Gasteiger partial charge on any atom is -0.365 e. The molecule has 0 saturated carbocycles. The van der Waals surface area contributed by atoms with E-state index in [2.05, 4.69) is 0 Å². The number of hydrogen-bond acceptors (Lipinski definition) is 3. The topological polar surface area (TPSA) is 53.3 Å². The first-order valence-electron chi connectivity index (χ1n) is 5.95. The highest BCUT2D eigenvalue weighted by atomic mass is 16.6. The average molecular weight is 235 g/mol. The molecule has 0 amide bonds. The van der Waals surface area contributed by atoms with E-state index in [0.717, 1.165) is 12.0 Å². The molecule has 1 aromatic carbocycles. The predicted octanol–water partition coefficient (Wildman–Crippen LogP) is 2.98. The van der Waals surface area contributed by atoms with E-state index >= 15 is 0 Å². The van der Waals surface area contributed by atoms with Crippen LogP contribution in [-0.2, 0) is 11.3 Å². The number of rotatable bonds is 7. The largest absolute Gasteiger partial charge is 0.365 e. The Hall–Kier alpha value is -1.19. The monoisotopic (exact) mass is 235 g/mol. The van der Waals surface area contributed by atoms with Gasteiger partial charge in [-0.05, 0) is 31.5 Å². The van der Waals surface area contributed by atoms with Crippen LogP contribution >= 0.6 is 0 Å². The summed E-state index contributed by atoms with van der Waals surface area (Å²) in [6.45, 7) is 4.03. The molecule has 17 heavy (non-hydrogen) atoms. The third-order valence-electron chi connectivity index (χ3n) is 3.03. The van der Waals surface area contributed by atoms with Gasteiger partial charge in [-0.3, -0.25) is 0 Å². The summed E-state index contributed by atoms with van der Waals surface area (Å²) in [5, 5.41) is 17.2. The highest BCUT2D eigenvalue weighted by Crippen LogP contribution is 2.23. The molecule has 2 atom stereocenters. The Morgan fingerprint density at radius 2 is 2.06 bits per heavy atom. The van der Waals surface area contributed by atoms with E-state index in [1.54, 1.807) is 6.92 Å². The van der Waals surface area contributed by atoms with Crippen LogP contribution in [-0.4, -0.2) is 17.1 Å². The highest BCUT2D eigenvalue weighted by Gasteiger charge is 2.28. The van der Waals surface area contributed by atoms with Crippen LogP contribution in [0, 0.1) is 11.3 Å². The summed E-state index contributed by atoms with van der Waals surface area (Å²) in [6, 6.07) is 9.79. The van der Waals surface area contributed by atoms with Crippen LogP contribution in [0.5, 0.6) is 0 Å². The molecular formula is C14H21NO2. The average Bonchev–Trinajstić information content (AvgIpc) is 2.35. The first kappa shape index (κ1) is 13.9. The Labute approximate surface area is 103 Å². The van der Waals surface area contributed by atoms with Crippen molar-refractivity contribution < 1.29 is 9.84 Å². The van der Waals surface area contributed by atoms with Gasteiger partial charge >= 0.3 is 0 Å². The lowest BCUT2D eigenvalue weighted by atomic mass is 9.97. The van der Waals surface area contributed by atoms with Crippen LogP contribution in [0.15, 0.2) is 30.3 Å². The molecular weight excluding hydrogens is 214 g/mol. The molecule has 0 aliphatic rings. The quantitative estimate of drug-likeness (QED) is 0.564. The maximum Gasteiger partial charge on any atom is 0.165 e. The Morgan fingerprint density at radius 3 is 2.65 bits per heavy atom. The number of ether oxygens (including phenoxy) is 1. The molecule has 0 aromatic heterocycles. The second kappa shape index (κ2) is 6.52. The SMILES string of the molecule is C[C@@H](CCC=N)C(C)(O)OCc1ccccc1. The smallest absolute Gasteiger partial charge is 0.165 e. The summed E-state index contributed by atoms with van der Waals surface area (Å²) in [4.78, 5) is 0. The zero-order valence-electron chi connectivity index (χ0n) is 10.5. The zero-order valence-corrected chi connectivity index (χ0v) is 10.5. The molecule has 0 fully saturated rings. The van der Waals surface area contributed by atoms with Gasteiger partial charge in [0.25, 0.3) is 0 Å². The Bertz CT molecular complexity index is 335. The van der Waals surface area contributed by atoms with Crippen molar-refractivity contribution >= 4 is 6.21 Å². The first-order chi connectivity index (χ1) is 8.06. The third kappa shape index (κ3) is 4.67. The molecule has 1 aromatic rings. The van der Waals surface area contributed by atoms with Crippen molar-refractivity contribution in [2.24, 2.45) is 5.92 Å². The standard InChI is InChI=1S/C14H21NO2/c1-12(7-6-10-15)14(2,16)17-11-13-8-4-3-5-9-13/h3-5,8-10,12,15-16H,6-7,11H2,1-2H3/t12-,14?/m0/s1. The number of hydrogen-bond donors (Lipinski definition) is 2. The summed E-state index contributed by atoms with van der Waals surface area (Å²) < 4.78 is 5.55. The van der Waals surface area contributed by atoms with E-state index in [0.29, 0.717) is 13.0 Å². The summed E-state index contributed by atoms with van der Waals surface area (Å²) in [7, 11) is 0. The molecule has 0 aliphatic carbocycles. The fourth-order valence-corrected chi connectivity index (χ4v) is 1.55. The molecule has 94 valence electrons. The Kier molecular flexibility index (Phi) is 5.32. The van der Waals surface area contributed by atoms with E-state index in [1.807, 2.05) is 37.3 Å². The Morgan fingerprint density at radius 1 is 1.41 bits per heavy atom. The molecule has 3 nitrogen and oxygen atoms in total. The lowest BCUT2D eigenvalue weighted by Gasteiger charge is -2.30. The number of nitrogens with one attached hydrogen (secondary N) is 1. The minimum atomic E-state index is -1.14. The second-order valence-electron chi connectivity index (χ2n) is 4.51. The van der Waals surface area contributed by atoms with Gasteiger partial charge in [-0.2, -0.15) is 0 Å². The normalized spacial score (nSPS) is 16.2. The van der Waals surface area contributed by atoms with Gasteiger partial charge in [0.05, 0.1) is 6.61 Å². The van der Waals surface area contributed by atoms with Crippen molar-refractivity contribution in [2.45, 2.75) is 39.1 Å². The maximum atomic E-state index is 10.2. The predicted molar refractivity (Wildman–Crippen MR) is 69.0 cm³/mol. The van der Waals surface area contributed by atoms with Crippen LogP contribution in [0.4, 0.5) is 0 Å². The van der Waals surface area contributed by atoms with Crippen molar-refractivity contribution in [1.82, 2.24) is 0 Å². The molecule has 0 heterocycles. The summed E-state index contributed by atoms with van der Waals surface area (Å²) >= 11 is 0. The van der Waals surface area contributed by atoms with Crippen LogP contribution in [0.2, 0.25) is 0 Å². The molecule has 2 N–H and O–H groups in total. The molecule has 1 unspecified atom stereocenters. The van der Waals surface area contributed by atoms with Gasteiger partial charge in [0, 0.05) is 5.92 Å². The van der Waals surface area contributed by atoms with E-state index in [4.69, 9.17) is 10.1 Å². The van der Waals surface area contributed by atoms with E-state index in [1.165, 1.54) is 6.21 Å². The molecule has 0 aliphatic heterocycles.